The van der Waals surface area contributed by atoms with Crippen molar-refractivity contribution in [2.75, 3.05) is 20.2 Å². The van der Waals surface area contributed by atoms with Crippen molar-refractivity contribution in [3.63, 3.8) is 0 Å². The summed E-state index contributed by atoms with van der Waals surface area (Å²) in [7, 11) is 1.36. The first-order chi connectivity index (χ1) is 10.2. The summed E-state index contributed by atoms with van der Waals surface area (Å²) in [4.78, 5) is 23.9. The molecule has 1 aromatic carbocycles. The summed E-state index contributed by atoms with van der Waals surface area (Å²) in [6, 6.07) is 9.20. The number of benzene rings is 1. The van der Waals surface area contributed by atoms with Crippen molar-refractivity contribution >= 4 is 24.3 Å². The van der Waals surface area contributed by atoms with Crippen LogP contribution in [0.15, 0.2) is 30.3 Å². The normalized spacial score (nSPS) is 16.2. The van der Waals surface area contributed by atoms with Gasteiger partial charge in [-0.05, 0) is 31.5 Å². The molecule has 2 N–H and O–H groups in total. The quantitative estimate of drug-likeness (QED) is 0.810. The lowest BCUT2D eigenvalue weighted by molar-refractivity contribution is -0.141. The highest BCUT2D eigenvalue weighted by Crippen LogP contribution is 2.20. The van der Waals surface area contributed by atoms with Crippen molar-refractivity contribution in [1.82, 2.24) is 10.6 Å². The lowest BCUT2D eigenvalue weighted by Crippen LogP contribution is -2.40. The van der Waals surface area contributed by atoms with Crippen LogP contribution in [0.1, 0.15) is 30.9 Å². The van der Waals surface area contributed by atoms with E-state index in [-0.39, 0.29) is 42.7 Å². The smallest absolute Gasteiger partial charge is 0.307 e. The maximum atomic E-state index is 12.4. The maximum absolute atomic E-state index is 12.4. The standard InChI is InChI=1S/C16H22N2O3.ClH/c1-21-15(19)11-14(12-5-3-2-4-6-12)18-16(20)13-7-9-17-10-8-13;/h2-6,13-14,17H,7-11H2,1H3,(H,18,20);1H. The van der Waals surface area contributed by atoms with E-state index in [1.54, 1.807) is 0 Å². The van der Waals surface area contributed by atoms with E-state index in [9.17, 15) is 9.59 Å². The molecule has 1 fully saturated rings. The number of carbonyl (C=O) groups is 2. The van der Waals surface area contributed by atoms with Crippen molar-refractivity contribution in [3.8, 4) is 0 Å². The van der Waals surface area contributed by atoms with Crippen molar-refractivity contribution in [1.29, 1.82) is 0 Å². The van der Waals surface area contributed by atoms with E-state index in [0.29, 0.717) is 0 Å². The summed E-state index contributed by atoms with van der Waals surface area (Å²) in [5, 5.41) is 6.24. The number of carbonyl (C=O) groups excluding carboxylic acids is 2. The Hall–Kier alpha value is -1.59. The van der Waals surface area contributed by atoms with E-state index in [0.717, 1.165) is 31.5 Å². The lowest BCUT2D eigenvalue weighted by atomic mass is 9.95. The summed E-state index contributed by atoms with van der Waals surface area (Å²) in [6.07, 6.45) is 1.83. The van der Waals surface area contributed by atoms with Gasteiger partial charge in [0.1, 0.15) is 0 Å². The van der Waals surface area contributed by atoms with Gasteiger partial charge >= 0.3 is 5.97 Å². The van der Waals surface area contributed by atoms with Crippen LogP contribution >= 0.6 is 12.4 Å². The van der Waals surface area contributed by atoms with Crippen LogP contribution in [0.2, 0.25) is 0 Å². The molecule has 1 amide bonds. The molecule has 0 radical (unpaired) electrons. The van der Waals surface area contributed by atoms with Gasteiger partial charge in [0, 0.05) is 5.92 Å². The number of piperidine rings is 1. The fourth-order valence-corrected chi connectivity index (χ4v) is 2.56. The van der Waals surface area contributed by atoms with Gasteiger partial charge in [0.15, 0.2) is 0 Å². The zero-order chi connectivity index (χ0) is 15.1. The number of rotatable bonds is 5. The highest BCUT2D eigenvalue weighted by Gasteiger charge is 2.25. The minimum atomic E-state index is -0.332. The van der Waals surface area contributed by atoms with E-state index < -0.39 is 0 Å². The average molecular weight is 327 g/mol. The molecule has 5 nitrogen and oxygen atoms in total. The number of nitrogens with one attached hydrogen (secondary N) is 2. The van der Waals surface area contributed by atoms with E-state index in [1.807, 2.05) is 30.3 Å². The second kappa shape index (κ2) is 9.43. The predicted octanol–water partition coefficient (Wildman–Crippen LogP) is 1.83. The van der Waals surface area contributed by atoms with Crippen LogP contribution in [-0.2, 0) is 14.3 Å². The molecule has 22 heavy (non-hydrogen) atoms. The molecule has 0 bridgehead atoms. The van der Waals surface area contributed by atoms with E-state index in [2.05, 4.69) is 10.6 Å². The largest absolute Gasteiger partial charge is 0.469 e. The first-order valence-electron chi connectivity index (χ1n) is 7.33. The predicted molar refractivity (Wildman–Crippen MR) is 86.8 cm³/mol. The molecule has 1 saturated heterocycles. The highest BCUT2D eigenvalue weighted by atomic mass is 35.5. The molecule has 1 aliphatic heterocycles. The summed E-state index contributed by atoms with van der Waals surface area (Å²) in [5.74, 6) is -0.279. The molecular formula is C16H23ClN2O3. The zero-order valence-corrected chi connectivity index (χ0v) is 13.5. The highest BCUT2D eigenvalue weighted by molar-refractivity contribution is 5.85. The molecule has 0 aliphatic carbocycles. The Morgan fingerprint density at radius 3 is 2.50 bits per heavy atom. The number of methoxy groups -OCH3 is 1. The second-order valence-electron chi connectivity index (χ2n) is 5.28. The summed E-state index contributed by atoms with van der Waals surface area (Å²) >= 11 is 0. The molecule has 1 aromatic rings. The SMILES string of the molecule is COC(=O)CC(NC(=O)C1CCNCC1)c1ccccc1.Cl. The number of hydrogen-bond donors (Lipinski definition) is 2. The molecule has 1 atom stereocenters. The summed E-state index contributed by atoms with van der Waals surface area (Å²) in [6.45, 7) is 1.73. The van der Waals surface area contributed by atoms with Gasteiger partial charge in [0.2, 0.25) is 5.91 Å². The Balaban J connectivity index is 0.00000242. The van der Waals surface area contributed by atoms with Crippen molar-refractivity contribution in [2.24, 2.45) is 5.92 Å². The van der Waals surface area contributed by atoms with Gasteiger partial charge in [-0.15, -0.1) is 12.4 Å². The first kappa shape index (κ1) is 18.5. The van der Waals surface area contributed by atoms with Gasteiger partial charge in [-0.1, -0.05) is 30.3 Å². The molecule has 0 saturated carbocycles. The van der Waals surface area contributed by atoms with Crippen LogP contribution < -0.4 is 10.6 Å². The summed E-state index contributed by atoms with van der Waals surface area (Å²) < 4.78 is 4.73. The molecule has 122 valence electrons. The fraction of sp³-hybridized carbons (Fsp3) is 0.500. The number of esters is 1. The third-order valence-electron chi connectivity index (χ3n) is 3.83. The lowest BCUT2D eigenvalue weighted by Gasteiger charge is -2.25. The third-order valence-corrected chi connectivity index (χ3v) is 3.83. The Bertz CT molecular complexity index is 476. The van der Waals surface area contributed by atoms with E-state index in [1.165, 1.54) is 7.11 Å². The van der Waals surface area contributed by atoms with Gasteiger partial charge in [-0.3, -0.25) is 9.59 Å². The second-order valence-corrected chi connectivity index (χ2v) is 5.28. The average Bonchev–Trinajstić information content (AvgIpc) is 2.55. The van der Waals surface area contributed by atoms with Crippen LogP contribution in [0.4, 0.5) is 0 Å². The van der Waals surface area contributed by atoms with Crippen molar-refractivity contribution in [3.05, 3.63) is 35.9 Å². The molecule has 2 rings (SSSR count). The molecule has 1 aliphatic rings. The van der Waals surface area contributed by atoms with Gasteiger partial charge in [0.05, 0.1) is 19.6 Å². The first-order valence-corrected chi connectivity index (χ1v) is 7.33. The van der Waals surface area contributed by atoms with Gasteiger partial charge in [-0.2, -0.15) is 0 Å². The van der Waals surface area contributed by atoms with Crippen LogP contribution in [-0.4, -0.2) is 32.1 Å². The van der Waals surface area contributed by atoms with E-state index >= 15 is 0 Å². The molecule has 1 unspecified atom stereocenters. The van der Waals surface area contributed by atoms with Crippen LogP contribution in [0.5, 0.6) is 0 Å². The van der Waals surface area contributed by atoms with Crippen molar-refractivity contribution in [2.45, 2.75) is 25.3 Å². The van der Waals surface area contributed by atoms with Gasteiger partial charge in [0.25, 0.3) is 0 Å². The summed E-state index contributed by atoms with van der Waals surface area (Å²) in [5.41, 5.74) is 0.921. The number of halogens is 1. The molecule has 1 heterocycles. The van der Waals surface area contributed by atoms with Gasteiger partial charge < -0.3 is 15.4 Å². The van der Waals surface area contributed by atoms with Crippen LogP contribution in [0.3, 0.4) is 0 Å². The fourth-order valence-electron chi connectivity index (χ4n) is 2.56. The molecule has 6 heteroatoms. The molecule has 0 spiro atoms. The topological polar surface area (TPSA) is 67.4 Å². The number of hydrogen-bond acceptors (Lipinski definition) is 4. The maximum Gasteiger partial charge on any atom is 0.307 e. The Morgan fingerprint density at radius 1 is 1.27 bits per heavy atom. The number of ether oxygens (including phenoxy) is 1. The van der Waals surface area contributed by atoms with E-state index in [4.69, 9.17) is 4.74 Å². The third kappa shape index (κ3) is 5.31. The van der Waals surface area contributed by atoms with Crippen LogP contribution in [0, 0.1) is 5.92 Å². The Labute approximate surface area is 137 Å². The minimum absolute atomic E-state index is 0. The zero-order valence-electron chi connectivity index (χ0n) is 12.7. The Morgan fingerprint density at radius 2 is 1.91 bits per heavy atom. The van der Waals surface area contributed by atoms with Crippen molar-refractivity contribution < 1.29 is 14.3 Å². The van der Waals surface area contributed by atoms with Crippen LogP contribution in [0.25, 0.3) is 0 Å². The Kier molecular flexibility index (Phi) is 7.91. The number of amides is 1. The van der Waals surface area contributed by atoms with Gasteiger partial charge in [-0.25, -0.2) is 0 Å². The monoisotopic (exact) mass is 326 g/mol. The minimum Gasteiger partial charge on any atom is -0.469 e. The molecular weight excluding hydrogens is 304 g/mol. The molecule has 0 aromatic heterocycles.